The Morgan fingerprint density at radius 1 is 1.33 bits per heavy atom. The molecule has 0 saturated carbocycles. The number of aromatic nitrogens is 3. The quantitative estimate of drug-likeness (QED) is 0.904. The number of nitrogens with zero attached hydrogens (tertiary/aromatic N) is 3. The fraction of sp³-hybridized carbons (Fsp3) is 0.611. The van der Waals surface area contributed by atoms with Crippen LogP contribution in [0.15, 0.2) is 0 Å². The van der Waals surface area contributed by atoms with Crippen LogP contribution in [0.5, 0.6) is 0 Å². The van der Waals surface area contributed by atoms with Crippen molar-refractivity contribution in [2.24, 2.45) is 7.05 Å². The molecule has 24 heavy (non-hydrogen) atoms. The summed E-state index contributed by atoms with van der Waals surface area (Å²) in [4.78, 5) is 18.5. The van der Waals surface area contributed by atoms with Crippen LogP contribution in [-0.2, 0) is 31.1 Å². The number of amides is 1. The van der Waals surface area contributed by atoms with Crippen LogP contribution >= 0.6 is 11.3 Å². The number of hydrogen-bond donors (Lipinski definition) is 1. The Balaban J connectivity index is 1.57. The molecule has 1 unspecified atom stereocenters. The van der Waals surface area contributed by atoms with Crippen LogP contribution in [0.3, 0.4) is 0 Å². The van der Waals surface area contributed by atoms with Crippen molar-refractivity contribution in [3.63, 3.8) is 0 Å². The molecule has 0 aliphatic heterocycles. The number of thiazole rings is 1. The molecule has 0 aromatic carbocycles. The second-order valence-corrected chi connectivity index (χ2v) is 7.81. The van der Waals surface area contributed by atoms with Gasteiger partial charge in [0.1, 0.15) is 5.01 Å². The molecular weight excluding hydrogens is 320 g/mol. The van der Waals surface area contributed by atoms with Gasteiger partial charge >= 0.3 is 0 Å². The van der Waals surface area contributed by atoms with Gasteiger partial charge in [0.05, 0.1) is 17.4 Å². The summed E-state index contributed by atoms with van der Waals surface area (Å²) in [6.07, 6.45) is 5.96. The Bertz CT molecular complexity index is 723. The topological polar surface area (TPSA) is 59.8 Å². The predicted molar refractivity (Wildman–Crippen MR) is 96.3 cm³/mol. The van der Waals surface area contributed by atoms with Gasteiger partial charge in [0, 0.05) is 24.0 Å². The van der Waals surface area contributed by atoms with E-state index >= 15 is 0 Å². The zero-order valence-corrected chi connectivity index (χ0v) is 15.8. The summed E-state index contributed by atoms with van der Waals surface area (Å²) < 4.78 is 1.88. The molecule has 2 aromatic heterocycles. The van der Waals surface area contributed by atoms with Gasteiger partial charge in [-0.05, 0) is 58.4 Å². The molecule has 1 amide bonds. The van der Waals surface area contributed by atoms with E-state index in [-0.39, 0.29) is 11.9 Å². The highest BCUT2D eigenvalue weighted by atomic mass is 32.1. The second kappa shape index (κ2) is 7.05. The van der Waals surface area contributed by atoms with Gasteiger partial charge in [0.15, 0.2) is 0 Å². The fourth-order valence-corrected chi connectivity index (χ4v) is 4.51. The number of aryl methyl sites for hydroxylation is 4. The Hall–Kier alpha value is -1.69. The van der Waals surface area contributed by atoms with Crippen molar-refractivity contribution in [3.05, 3.63) is 32.5 Å². The molecule has 1 atom stereocenters. The van der Waals surface area contributed by atoms with E-state index in [1.165, 1.54) is 29.0 Å². The van der Waals surface area contributed by atoms with E-state index in [1.54, 1.807) is 11.3 Å². The van der Waals surface area contributed by atoms with Gasteiger partial charge in [-0.25, -0.2) is 4.98 Å². The number of hydrogen-bond acceptors (Lipinski definition) is 4. The monoisotopic (exact) mass is 346 g/mol. The molecule has 6 heteroatoms. The molecule has 0 bridgehead atoms. The standard InChI is InChI=1S/C18H26N4OS/c1-11-14(13(3)22(4)21-11)9-10-17(23)19-12(2)18-20-15-7-5-6-8-16(15)24-18/h12H,5-10H2,1-4H3,(H,19,23). The van der Waals surface area contributed by atoms with Crippen LogP contribution in [0, 0.1) is 13.8 Å². The number of fused-ring (bicyclic) bond motifs is 1. The normalized spacial score (nSPS) is 15.2. The summed E-state index contributed by atoms with van der Waals surface area (Å²) in [5.74, 6) is 0.0818. The maximum absolute atomic E-state index is 12.3. The first-order valence-electron chi connectivity index (χ1n) is 8.72. The Morgan fingerprint density at radius 3 is 2.75 bits per heavy atom. The third-order valence-electron chi connectivity index (χ3n) is 4.87. The first-order valence-corrected chi connectivity index (χ1v) is 9.54. The highest BCUT2D eigenvalue weighted by molar-refractivity contribution is 7.11. The maximum atomic E-state index is 12.3. The molecule has 2 heterocycles. The fourth-order valence-electron chi connectivity index (χ4n) is 3.35. The van der Waals surface area contributed by atoms with E-state index in [0.717, 1.165) is 35.7 Å². The highest BCUT2D eigenvalue weighted by Gasteiger charge is 2.20. The number of carbonyl (C=O) groups excluding carboxylic acids is 1. The molecule has 130 valence electrons. The van der Waals surface area contributed by atoms with Gasteiger partial charge in [-0.2, -0.15) is 5.10 Å². The summed E-state index contributed by atoms with van der Waals surface area (Å²) in [6.45, 7) is 6.08. The molecular formula is C18H26N4OS. The minimum atomic E-state index is -0.0100. The predicted octanol–water partition coefficient (Wildman–Crippen LogP) is 3.18. The summed E-state index contributed by atoms with van der Waals surface area (Å²) in [5, 5.41) is 8.56. The van der Waals surface area contributed by atoms with Crippen molar-refractivity contribution in [1.29, 1.82) is 0 Å². The van der Waals surface area contributed by atoms with Crippen LogP contribution in [0.25, 0.3) is 0 Å². The molecule has 5 nitrogen and oxygen atoms in total. The molecule has 2 aromatic rings. The van der Waals surface area contributed by atoms with Gasteiger partial charge in [0.25, 0.3) is 0 Å². The lowest BCUT2D eigenvalue weighted by atomic mass is 10.0. The van der Waals surface area contributed by atoms with Crippen molar-refractivity contribution in [2.75, 3.05) is 0 Å². The second-order valence-electron chi connectivity index (χ2n) is 6.69. The van der Waals surface area contributed by atoms with Crippen LogP contribution in [-0.4, -0.2) is 20.7 Å². The minimum absolute atomic E-state index is 0.0100. The van der Waals surface area contributed by atoms with Gasteiger partial charge in [0.2, 0.25) is 5.91 Å². The maximum Gasteiger partial charge on any atom is 0.220 e. The van der Waals surface area contributed by atoms with Crippen molar-refractivity contribution in [2.45, 2.75) is 65.3 Å². The third kappa shape index (κ3) is 3.53. The Labute approximate surface area is 147 Å². The first-order chi connectivity index (χ1) is 11.5. The average Bonchev–Trinajstić information content (AvgIpc) is 3.08. The van der Waals surface area contributed by atoms with Crippen LogP contribution in [0.1, 0.15) is 64.8 Å². The van der Waals surface area contributed by atoms with Crippen LogP contribution < -0.4 is 5.32 Å². The lowest BCUT2D eigenvalue weighted by Gasteiger charge is -2.11. The molecule has 3 rings (SSSR count). The lowest BCUT2D eigenvalue weighted by Crippen LogP contribution is -2.26. The van der Waals surface area contributed by atoms with Crippen molar-refractivity contribution < 1.29 is 4.79 Å². The third-order valence-corrected chi connectivity index (χ3v) is 6.21. The van der Waals surface area contributed by atoms with Gasteiger partial charge in [-0.1, -0.05) is 0 Å². The van der Waals surface area contributed by atoms with E-state index in [9.17, 15) is 4.79 Å². The minimum Gasteiger partial charge on any atom is -0.347 e. The zero-order chi connectivity index (χ0) is 17.3. The summed E-state index contributed by atoms with van der Waals surface area (Å²) in [5.41, 5.74) is 4.60. The molecule has 1 aliphatic carbocycles. The molecule has 0 radical (unpaired) electrons. The van der Waals surface area contributed by atoms with Crippen molar-refractivity contribution in [1.82, 2.24) is 20.1 Å². The first kappa shape index (κ1) is 17.1. The number of nitrogens with one attached hydrogen (secondary N) is 1. The van der Waals surface area contributed by atoms with Gasteiger partial charge < -0.3 is 5.32 Å². The van der Waals surface area contributed by atoms with Gasteiger partial charge in [-0.15, -0.1) is 11.3 Å². The average molecular weight is 347 g/mol. The highest BCUT2D eigenvalue weighted by Crippen LogP contribution is 2.29. The van der Waals surface area contributed by atoms with Gasteiger partial charge in [-0.3, -0.25) is 9.48 Å². The van der Waals surface area contributed by atoms with E-state index < -0.39 is 0 Å². The smallest absolute Gasteiger partial charge is 0.220 e. The molecule has 0 fully saturated rings. The van der Waals surface area contributed by atoms with E-state index in [0.29, 0.717) is 6.42 Å². The number of carbonyl (C=O) groups is 1. The Kier molecular flexibility index (Phi) is 5.04. The molecule has 0 spiro atoms. The van der Waals surface area contributed by atoms with E-state index in [4.69, 9.17) is 4.98 Å². The lowest BCUT2D eigenvalue weighted by molar-refractivity contribution is -0.121. The molecule has 0 saturated heterocycles. The SMILES string of the molecule is Cc1nn(C)c(C)c1CCC(=O)NC(C)c1nc2c(s1)CCCC2. The van der Waals surface area contributed by atoms with E-state index in [2.05, 4.69) is 17.3 Å². The Morgan fingerprint density at radius 2 is 2.08 bits per heavy atom. The van der Waals surface area contributed by atoms with Crippen LogP contribution in [0.2, 0.25) is 0 Å². The van der Waals surface area contributed by atoms with Crippen molar-refractivity contribution >= 4 is 17.2 Å². The zero-order valence-electron chi connectivity index (χ0n) is 15.0. The van der Waals surface area contributed by atoms with Crippen LogP contribution in [0.4, 0.5) is 0 Å². The summed E-state index contributed by atoms with van der Waals surface area (Å²) in [7, 11) is 1.94. The molecule has 1 aliphatic rings. The molecule has 1 N–H and O–H groups in total. The largest absolute Gasteiger partial charge is 0.347 e. The van der Waals surface area contributed by atoms with Crippen molar-refractivity contribution in [3.8, 4) is 0 Å². The van der Waals surface area contributed by atoms with E-state index in [1.807, 2.05) is 25.6 Å². The summed E-state index contributed by atoms with van der Waals surface area (Å²) >= 11 is 1.77. The summed E-state index contributed by atoms with van der Waals surface area (Å²) in [6, 6.07) is -0.0100. The number of rotatable bonds is 5.